The molecule has 0 saturated carbocycles. The van der Waals surface area contributed by atoms with Gasteiger partial charge in [0.05, 0.1) is 12.1 Å². The number of nitrogens with zero attached hydrogens (tertiary/aromatic N) is 1. The van der Waals surface area contributed by atoms with Crippen molar-refractivity contribution in [2.75, 3.05) is 13.1 Å². The first-order valence-corrected chi connectivity index (χ1v) is 11.8. The van der Waals surface area contributed by atoms with E-state index in [-0.39, 0.29) is 19.1 Å². The molecule has 1 aliphatic heterocycles. The Morgan fingerprint density at radius 3 is 2.17 bits per heavy atom. The van der Waals surface area contributed by atoms with Gasteiger partial charge >= 0.3 is 6.09 Å². The minimum absolute atomic E-state index is 0.175. The first-order chi connectivity index (χ1) is 17.1. The first kappa shape index (κ1) is 24.3. The van der Waals surface area contributed by atoms with Gasteiger partial charge in [0.2, 0.25) is 0 Å². The molecule has 7 nitrogen and oxygen atoms in total. The average molecular weight is 475 g/mol. The number of aliphatic hydroxyl groups is 1. The predicted molar refractivity (Wildman–Crippen MR) is 132 cm³/mol. The van der Waals surface area contributed by atoms with Gasteiger partial charge in [-0.2, -0.15) is 0 Å². The molecule has 1 heterocycles. The number of hydrogen-bond acceptors (Lipinski definition) is 5. The summed E-state index contributed by atoms with van der Waals surface area (Å²) in [6.45, 7) is 1.26. The second kappa shape index (κ2) is 12.0. The highest BCUT2D eigenvalue weighted by molar-refractivity contribution is 5.94. The van der Waals surface area contributed by atoms with Crippen molar-refractivity contribution < 1.29 is 24.2 Å². The summed E-state index contributed by atoms with van der Waals surface area (Å²) in [5, 5.41) is 13.4. The largest absolute Gasteiger partial charge is 0.489 e. The van der Waals surface area contributed by atoms with Crippen LogP contribution in [0.15, 0.2) is 84.9 Å². The van der Waals surface area contributed by atoms with Crippen LogP contribution >= 0.6 is 0 Å². The molecule has 3 aromatic carbocycles. The van der Waals surface area contributed by atoms with Crippen molar-refractivity contribution in [3.05, 3.63) is 102 Å². The van der Waals surface area contributed by atoms with Gasteiger partial charge in [-0.1, -0.05) is 60.7 Å². The SMILES string of the molecule is O=C(N[C@H]1CN(C(=O)OCc2ccccc2)CCC[C@@H]1O)c1ccc(OCc2ccccc2)cc1. The van der Waals surface area contributed by atoms with E-state index < -0.39 is 18.2 Å². The number of likely N-dealkylation sites (tertiary alicyclic amines) is 1. The maximum absolute atomic E-state index is 12.9. The highest BCUT2D eigenvalue weighted by atomic mass is 16.6. The summed E-state index contributed by atoms with van der Waals surface area (Å²) in [7, 11) is 0. The second-order valence-corrected chi connectivity index (χ2v) is 8.57. The Balaban J connectivity index is 1.31. The number of rotatable bonds is 7. The summed E-state index contributed by atoms with van der Waals surface area (Å²) in [6.07, 6.45) is -0.0948. The number of hydrogen-bond donors (Lipinski definition) is 2. The smallest absolute Gasteiger partial charge is 0.410 e. The van der Waals surface area contributed by atoms with Crippen LogP contribution in [0.3, 0.4) is 0 Å². The van der Waals surface area contributed by atoms with Gasteiger partial charge in [-0.05, 0) is 48.2 Å². The maximum atomic E-state index is 12.9. The molecule has 0 radical (unpaired) electrons. The Labute approximate surface area is 205 Å². The van der Waals surface area contributed by atoms with E-state index in [1.54, 1.807) is 29.2 Å². The van der Waals surface area contributed by atoms with Gasteiger partial charge in [0.15, 0.2) is 0 Å². The van der Waals surface area contributed by atoms with E-state index in [1.807, 2.05) is 60.7 Å². The van der Waals surface area contributed by atoms with Crippen molar-refractivity contribution in [2.45, 2.75) is 38.2 Å². The number of benzene rings is 3. The van der Waals surface area contributed by atoms with Crippen molar-refractivity contribution in [1.29, 1.82) is 0 Å². The van der Waals surface area contributed by atoms with Crippen molar-refractivity contribution in [1.82, 2.24) is 10.2 Å². The van der Waals surface area contributed by atoms with Gasteiger partial charge in [-0.15, -0.1) is 0 Å². The van der Waals surface area contributed by atoms with Gasteiger partial charge in [-0.25, -0.2) is 4.79 Å². The summed E-state index contributed by atoms with van der Waals surface area (Å²) in [5.41, 5.74) is 2.41. The molecule has 182 valence electrons. The molecule has 1 aliphatic rings. The standard InChI is InChI=1S/C28H30N2O5/c31-26-12-7-17-30(28(33)35-20-22-10-5-2-6-11-22)18-25(26)29-27(32)23-13-15-24(16-14-23)34-19-21-8-3-1-4-9-21/h1-6,8-11,13-16,25-26,31H,7,12,17-20H2,(H,29,32)/t25-,26-/m0/s1. The van der Waals surface area contributed by atoms with E-state index in [9.17, 15) is 14.7 Å². The molecule has 3 aromatic rings. The van der Waals surface area contributed by atoms with Crippen LogP contribution in [-0.4, -0.2) is 47.2 Å². The Morgan fingerprint density at radius 2 is 1.51 bits per heavy atom. The molecule has 0 bridgehead atoms. The fraction of sp³-hybridized carbons (Fsp3) is 0.286. The lowest BCUT2D eigenvalue weighted by atomic mass is 10.1. The summed E-state index contributed by atoms with van der Waals surface area (Å²) < 4.78 is 11.2. The molecule has 2 N–H and O–H groups in total. The number of carbonyl (C=O) groups is 2. The normalized spacial score (nSPS) is 17.8. The third-order valence-electron chi connectivity index (χ3n) is 5.95. The zero-order valence-corrected chi connectivity index (χ0v) is 19.5. The first-order valence-electron chi connectivity index (χ1n) is 11.8. The van der Waals surface area contributed by atoms with Gasteiger partial charge in [0.25, 0.3) is 5.91 Å². The van der Waals surface area contributed by atoms with Crippen molar-refractivity contribution >= 4 is 12.0 Å². The second-order valence-electron chi connectivity index (χ2n) is 8.57. The monoisotopic (exact) mass is 474 g/mol. The summed E-state index contributed by atoms with van der Waals surface area (Å²) in [5.74, 6) is 0.343. The predicted octanol–water partition coefficient (Wildman–Crippen LogP) is 4.16. The molecule has 0 aromatic heterocycles. The molecule has 1 saturated heterocycles. The van der Waals surface area contributed by atoms with Crippen LogP contribution in [-0.2, 0) is 18.0 Å². The molecule has 0 unspecified atom stereocenters. The zero-order chi connectivity index (χ0) is 24.5. The van der Waals surface area contributed by atoms with E-state index in [2.05, 4.69) is 5.32 Å². The molecule has 0 aliphatic carbocycles. The third kappa shape index (κ3) is 7.07. The van der Waals surface area contributed by atoms with Gasteiger partial charge in [0.1, 0.15) is 19.0 Å². The number of carbonyl (C=O) groups excluding carboxylic acids is 2. The molecule has 4 rings (SSSR count). The molecule has 1 fully saturated rings. The minimum atomic E-state index is -0.751. The Kier molecular flexibility index (Phi) is 8.35. The van der Waals surface area contributed by atoms with Crippen LogP contribution in [0.4, 0.5) is 4.79 Å². The van der Waals surface area contributed by atoms with Crippen LogP contribution in [0.25, 0.3) is 0 Å². The number of aliphatic hydroxyl groups excluding tert-OH is 1. The Morgan fingerprint density at radius 1 is 0.886 bits per heavy atom. The lowest BCUT2D eigenvalue weighted by Crippen LogP contribution is -2.50. The zero-order valence-electron chi connectivity index (χ0n) is 19.5. The number of amides is 2. The van der Waals surface area contributed by atoms with Crippen LogP contribution < -0.4 is 10.1 Å². The van der Waals surface area contributed by atoms with Crippen LogP contribution in [0.1, 0.15) is 34.3 Å². The number of ether oxygens (including phenoxy) is 2. The van der Waals surface area contributed by atoms with Gasteiger partial charge in [-0.3, -0.25) is 4.79 Å². The third-order valence-corrected chi connectivity index (χ3v) is 5.95. The summed E-state index contributed by atoms with van der Waals surface area (Å²) in [4.78, 5) is 27.0. The Bertz CT molecular complexity index is 1090. The fourth-order valence-corrected chi connectivity index (χ4v) is 3.96. The van der Waals surface area contributed by atoms with E-state index >= 15 is 0 Å². The van der Waals surface area contributed by atoms with Crippen molar-refractivity contribution in [3.8, 4) is 5.75 Å². The van der Waals surface area contributed by atoms with Crippen LogP contribution in [0.5, 0.6) is 5.75 Å². The van der Waals surface area contributed by atoms with Crippen molar-refractivity contribution in [2.24, 2.45) is 0 Å². The average Bonchev–Trinajstić information content (AvgIpc) is 3.08. The maximum Gasteiger partial charge on any atom is 0.410 e. The van der Waals surface area contributed by atoms with Crippen molar-refractivity contribution in [3.63, 3.8) is 0 Å². The minimum Gasteiger partial charge on any atom is -0.489 e. The van der Waals surface area contributed by atoms with Crippen LogP contribution in [0, 0.1) is 0 Å². The topological polar surface area (TPSA) is 88.1 Å². The quantitative estimate of drug-likeness (QED) is 0.537. The van der Waals surface area contributed by atoms with E-state index in [1.165, 1.54) is 0 Å². The lowest BCUT2D eigenvalue weighted by molar-refractivity contribution is 0.0733. The highest BCUT2D eigenvalue weighted by Gasteiger charge is 2.30. The number of nitrogens with one attached hydrogen (secondary N) is 1. The molecular weight excluding hydrogens is 444 g/mol. The molecule has 7 heteroatoms. The molecule has 35 heavy (non-hydrogen) atoms. The Hall–Kier alpha value is -3.84. The highest BCUT2D eigenvalue weighted by Crippen LogP contribution is 2.17. The molecular formula is C28H30N2O5. The molecule has 2 amide bonds. The van der Waals surface area contributed by atoms with E-state index in [0.29, 0.717) is 37.3 Å². The van der Waals surface area contributed by atoms with Crippen LogP contribution in [0.2, 0.25) is 0 Å². The molecule has 0 spiro atoms. The fourth-order valence-electron chi connectivity index (χ4n) is 3.96. The summed E-state index contributed by atoms with van der Waals surface area (Å²) in [6, 6.07) is 25.6. The van der Waals surface area contributed by atoms with E-state index in [4.69, 9.17) is 9.47 Å². The van der Waals surface area contributed by atoms with Gasteiger partial charge < -0.3 is 24.8 Å². The van der Waals surface area contributed by atoms with Gasteiger partial charge in [0, 0.05) is 18.7 Å². The van der Waals surface area contributed by atoms with E-state index in [0.717, 1.165) is 11.1 Å². The molecule has 2 atom stereocenters. The summed E-state index contributed by atoms with van der Waals surface area (Å²) >= 11 is 0. The lowest BCUT2D eigenvalue weighted by Gasteiger charge is -2.26.